The molecule has 7 nitrogen and oxygen atoms in total. The van der Waals surface area contributed by atoms with Gasteiger partial charge in [0.15, 0.2) is 11.5 Å². The van der Waals surface area contributed by atoms with Crippen molar-refractivity contribution < 1.29 is 22.7 Å². The lowest BCUT2D eigenvalue weighted by molar-refractivity contribution is 0.102. The summed E-state index contributed by atoms with van der Waals surface area (Å²) < 4.78 is 39.2. The fraction of sp³-hybridized carbons (Fsp3) is 0.174. The van der Waals surface area contributed by atoms with Crippen LogP contribution < -0.4 is 19.5 Å². The Morgan fingerprint density at radius 1 is 0.839 bits per heavy atom. The van der Waals surface area contributed by atoms with Crippen LogP contribution in [0.15, 0.2) is 71.6 Å². The molecule has 0 spiro atoms. The van der Waals surface area contributed by atoms with Crippen LogP contribution in [0.4, 0.5) is 11.4 Å². The maximum absolute atomic E-state index is 12.8. The molecule has 3 aromatic carbocycles. The fourth-order valence-electron chi connectivity index (χ4n) is 3.05. The van der Waals surface area contributed by atoms with Gasteiger partial charge < -0.3 is 14.8 Å². The Bertz CT molecular complexity index is 1190. The number of aryl methyl sites for hydroxylation is 1. The van der Waals surface area contributed by atoms with Crippen LogP contribution in [0.25, 0.3) is 0 Å². The molecule has 0 bridgehead atoms. The molecule has 0 aromatic heterocycles. The van der Waals surface area contributed by atoms with Crippen molar-refractivity contribution in [2.24, 2.45) is 0 Å². The molecule has 0 saturated heterocycles. The first-order valence-electron chi connectivity index (χ1n) is 9.81. The summed E-state index contributed by atoms with van der Waals surface area (Å²) in [6, 6.07) is 18.2. The lowest BCUT2D eigenvalue weighted by Gasteiger charge is -2.12. The average molecular weight is 439 g/mol. The number of anilines is 2. The van der Waals surface area contributed by atoms with Crippen molar-refractivity contribution in [2.45, 2.75) is 18.2 Å². The third-order valence-electron chi connectivity index (χ3n) is 4.74. The maximum Gasteiger partial charge on any atom is 0.262 e. The Morgan fingerprint density at radius 3 is 2.19 bits per heavy atom. The number of nitrogens with one attached hydrogen (secondary N) is 2. The van der Waals surface area contributed by atoms with Gasteiger partial charge >= 0.3 is 0 Å². The summed E-state index contributed by atoms with van der Waals surface area (Å²) in [6.45, 7) is 2.96. The number of amides is 1. The van der Waals surface area contributed by atoms with E-state index in [1.165, 1.54) is 12.1 Å². The van der Waals surface area contributed by atoms with Crippen molar-refractivity contribution in [3.63, 3.8) is 0 Å². The summed E-state index contributed by atoms with van der Waals surface area (Å²) in [6.07, 6.45) is 0.738. The van der Waals surface area contributed by atoms with E-state index in [2.05, 4.69) is 10.0 Å². The second-order valence-corrected chi connectivity index (χ2v) is 8.84. The average Bonchev–Trinajstić information content (AvgIpc) is 3.00. The Hall–Kier alpha value is -3.52. The molecule has 0 unspecified atom stereocenters. The standard InChI is InChI=1S/C23H22N2O5S/c1-16-3-5-17(6-4-16)23(26)24-18-7-9-19(10-8-18)25-31(27,28)20-11-12-21-22(15-20)30-14-2-13-29-21/h3-12,15,25H,2,13-14H2,1H3,(H,24,26). The highest BCUT2D eigenvalue weighted by molar-refractivity contribution is 7.92. The van der Waals surface area contributed by atoms with Crippen LogP contribution in [-0.2, 0) is 10.0 Å². The number of fused-ring (bicyclic) bond motifs is 1. The minimum Gasteiger partial charge on any atom is -0.490 e. The number of rotatable bonds is 5. The SMILES string of the molecule is Cc1ccc(C(=O)Nc2ccc(NS(=O)(=O)c3ccc4c(c3)OCCCO4)cc2)cc1. The second-order valence-electron chi connectivity index (χ2n) is 7.16. The molecule has 0 saturated carbocycles. The second kappa shape index (κ2) is 8.69. The van der Waals surface area contributed by atoms with Crippen LogP contribution in [0.2, 0.25) is 0 Å². The summed E-state index contributed by atoms with van der Waals surface area (Å²) in [5.74, 6) is 0.709. The van der Waals surface area contributed by atoms with Crippen LogP contribution in [0.5, 0.6) is 11.5 Å². The molecule has 1 aliphatic rings. The van der Waals surface area contributed by atoms with E-state index in [0.717, 1.165) is 12.0 Å². The van der Waals surface area contributed by atoms with Gasteiger partial charge in [-0.15, -0.1) is 0 Å². The molecule has 160 valence electrons. The number of benzene rings is 3. The van der Waals surface area contributed by atoms with Gasteiger partial charge in [0.05, 0.1) is 18.1 Å². The summed E-state index contributed by atoms with van der Waals surface area (Å²) in [4.78, 5) is 12.4. The molecule has 3 aromatic rings. The van der Waals surface area contributed by atoms with E-state index in [0.29, 0.717) is 41.7 Å². The number of hydrogen-bond donors (Lipinski definition) is 2. The van der Waals surface area contributed by atoms with Crippen molar-refractivity contribution in [1.82, 2.24) is 0 Å². The molecule has 0 atom stereocenters. The molecular weight excluding hydrogens is 416 g/mol. The van der Waals surface area contributed by atoms with Gasteiger partial charge in [-0.2, -0.15) is 0 Å². The summed E-state index contributed by atoms with van der Waals surface area (Å²) in [5, 5.41) is 2.79. The summed E-state index contributed by atoms with van der Waals surface area (Å²) in [7, 11) is -3.81. The highest BCUT2D eigenvalue weighted by atomic mass is 32.2. The highest BCUT2D eigenvalue weighted by Gasteiger charge is 2.19. The first-order valence-corrected chi connectivity index (χ1v) is 11.3. The van der Waals surface area contributed by atoms with E-state index in [1.807, 2.05) is 19.1 Å². The van der Waals surface area contributed by atoms with Gasteiger partial charge in [0.2, 0.25) is 0 Å². The molecule has 1 heterocycles. The number of ether oxygens (including phenoxy) is 2. The predicted molar refractivity (Wildman–Crippen MR) is 118 cm³/mol. The zero-order valence-corrected chi connectivity index (χ0v) is 17.7. The largest absolute Gasteiger partial charge is 0.490 e. The van der Waals surface area contributed by atoms with Crippen LogP contribution in [0.1, 0.15) is 22.3 Å². The van der Waals surface area contributed by atoms with Crippen molar-refractivity contribution in [2.75, 3.05) is 23.3 Å². The van der Waals surface area contributed by atoms with E-state index in [-0.39, 0.29) is 10.8 Å². The molecule has 31 heavy (non-hydrogen) atoms. The Labute approximate surface area is 181 Å². The monoisotopic (exact) mass is 438 g/mol. The van der Waals surface area contributed by atoms with Gasteiger partial charge in [-0.1, -0.05) is 17.7 Å². The molecule has 8 heteroatoms. The van der Waals surface area contributed by atoms with Crippen molar-refractivity contribution >= 4 is 27.3 Å². The van der Waals surface area contributed by atoms with Crippen molar-refractivity contribution in [1.29, 1.82) is 0 Å². The minimum absolute atomic E-state index is 0.0773. The van der Waals surface area contributed by atoms with E-state index in [1.54, 1.807) is 42.5 Å². The third kappa shape index (κ3) is 4.97. The van der Waals surface area contributed by atoms with Gasteiger partial charge in [-0.05, 0) is 55.5 Å². The number of hydrogen-bond acceptors (Lipinski definition) is 5. The number of carbonyl (C=O) groups is 1. The van der Waals surface area contributed by atoms with Gasteiger partial charge in [0.25, 0.3) is 15.9 Å². The topological polar surface area (TPSA) is 93.7 Å². The first kappa shape index (κ1) is 20.7. The van der Waals surface area contributed by atoms with Crippen LogP contribution in [0.3, 0.4) is 0 Å². The van der Waals surface area contributed by atoms with Gasteiger partial charge in [-0.3, -0.25) is 9.52 Å². The van der Waals surface area contributed by atoms with Crippen LogP contribution in [0, 0.1) is 6.92 Å². The van der Waals surface area contributed by atoms with E-state index < -0.39 is 10.0 Å². The van der Waals surface area contributed by atoms with Crippen molar-refractivity contribution in [3.05, 3.63) is 77.9 Å². The predicted octanol–water partition coefficient (Wildman–Crippen LogP) is 4.21. The van der Waals surface area contributed by atoms with Crippen LogP contribution in [-0.4, -0.2) is 27.5 Å². The van der Waals surface area contributed by atoms with E-state index >= 15 is 0 Å². The quantitative estimate of drug-likeness (QED) is 0.622. The maximum atomic E-state index is 12.8. The lowest BCUT2D eigenvalue weighted by atomic mass is 10.1. The zero-order chi connectivity index (χ0) is 21.8. The number of carbonyl (C=O) groups excluding carboxylic acids is 1. The summed E-state index contributed by atoms with van der Waals surface area (Å²) in [5.41, 5.74) is 2.55. The van der Waals surface area contributed by atoms with Crippen molar-refractivity contribution in [3.8, 4) is 11.5 Å². The Morgan fingerprint density at radius 2 is 1.48 bits per heavy atom. The van der Waals surface area contributed by atoms with Gasteiger partial charge in [-0.25, -0.2) is 8.42 Å². The molecule has 1 aliphatic heterocycles. The number of sulfonamides is 1. The zero-order valence-electron chi connectivity index (χ0n) is 16.9. The minimum atomic E-state index is -3.81. The lowest BCUT2D eigenvalue weighted by Crippen LogP contribution is -2.14. The molecule has 1 amide bonds. The van der Waals surface area contributed by atoms with Crippen LogP contribution >= 0.6 is 0 Å². The third-order valence-corrected chi connectivity index (χ3v) is 6.12. The van der Waals surface area contributed by atoms with E-state index in [9.17, 15) is 13.2 Å². The van der Waals surface area contributed by atoms with Gasteiger partial charge in [0, 0.05) is 29.4 Å². The van der Waals surface area contributed by atoms with Gasteiger partial charge in [0.1, 0.15) is 0 Å². The highest BCUT2D eigenvalue weighted by Crippen LogP contribution is 2.32. The Balaban J connectivity index is 1.45. The molecule has 2 N–H and O–H groups in total. The molecule has 0 fully saturated rings. The normalized spacial score (nSPS) is 13.2. The fourth-order valence-corrected chi connectivity index (χ4v) is 4.13. The first-order chi connectivity index (χ1) is 14.9. The van der Waals surface area contributed by atoms with E-state index in [4.69, 9.17) is 9.47 Å². The molecule has 0 radical (unpaired) electrons. The summed E-state index contributed by atoms with van der Waals surface area (Å²) >= 11 is 0. The molecule has 4 rings (SSSR count). The molecule has 0 aliphatic carbocycles. The molecular formula is C23H22N2O5S. The smallest absolute Gasteiger partial charge is 0.262 e. The Kier molecular flexibility index (Phi) is 5.81.